The summed E-state index contributed by atoms with van der Waals surface area (Å²) in [6, 6.07) is 4.95. The normalized spacial score (nSPS) is 12.0. The minimum absolute atomic E-state index is 0. The van der Waals surface area contributed by atoms with Crippen LogP contribution in [-0.2, 0) is 0 Å². The first-order valence-electron chi connectivity index (χ1n) is 5.77. The van der Waals surface area contributed by atoms with Crippen LogP contribution in [-0.4, -0.2) is 11.6 Å². The quantitative estimate of drug-likeness (QED) is 0.916. The zero-order chi connectivity index (χ0) is 13.3. The second kappa shape index (κ2) is 6.28. The van der Waals surface area contributed by atoms with Gasteiger partial charge in [-0.25, -0.2) is 0 Å². The number of halogens is 2. The van der Waals surface area contributed by atoms with Crippen molar-refractivity contribution in [3.63, 3.8) is 0 Å². The third-order valence-corrected chi connectivity index (χ3v) is 3.01. The average molecular weight is 303 g/mol. The molecule has 1 aromatic heterocycles. The topological polar surface area (TPSA) is 68.1 Å². The zero-order valence-corrected chi connectivity index (χ0v) is 12.3. The number of fused-ring (bicyclic) bond motifs is 1. The van der Waals surface area contributed by atoms with Crippen LogP contribution >= 0.6 is 24.0 Å². The summed E-state index contributed by atoms with van der Waals surface area (Å²) in [6.07, 6.45) is 0. The molecule has 0 radical (unpaired) electrons. The summed E-state index contributed by atoms with van der Waals surface area (Å²) in [6.45, 7) is 4.17. The average Bonchev–Trinajstić information content (AvgIpc) is 2.30. The van der Waals surface area contributed by atoms with Crippen LogP contribution in [0.25, 0.3) is 10.9 Å². The molecule has 2 rings (SSSR count). The van der Waals surface area contributed by atoms with Crippen LogP contribution in [0.3, 0.4) is 0 Å². The summed E-state index contributed by atoms with van der Waals surface area (Å²) in [5.41, 5.74) is 6.80. The molecule has 104 valence electrons. The number of aromatic nitrogens is 1. The minimum atomic E-state index is -0.316. The monoisotopic (exact) mass is 302 g/mol. The second-order valence-electron chi connectivity index (χ2n) is 4.15. The lowest BCUT2D eigenvalue weighted by atomic mass is 10.1. The van der Waals surface area contributed by atoms with E-state index in [4.69, 9.17) is 22.1 Å². The van der Waals surface area contributed by atoms with Crippen molar-refractivity contribution < 1.29 is 4.74 Å². The Bertz CT molecular complexity index is 638. The van der Waals surface area contributed by atoms with E-state index < -0.39 is 0 Å². The standard InChI is InChI=1S/C13H15ClN2O2.ClH/c1-3-18-12-6-11-8(5-10(12)14)4-9(7(2)15)13(17)16-11;/h4-7H,3,15H2,1-2H3,(H,16,17);1H/t7-;/m0./s1. The third kappa shape index (κ3) is 3.21. The van der Waals surface area contributed by atoms with Crippen molar-refractivity contribution in [2.24, 2.45) is 5.73 Å². The number of ether oxygens (including phenoxy) is 1. The second-order valence-corrected chi connectivity index (χ2v) is 4.55. The van der Waals surface area contributed by atoms with E-state index in [-0.39, 0.29) is 24.0 Å². The molecule has 4 nitrogen and oxygen atoms in total. The van der Waals surface area contributed by atoms with E-state index in [1.54, 1.807) is 25.1 Å². The first kappa shape index (κ1) is 15.8. The Morgan fingerprint density at radius 1 is 1.42 bits per heavy atom. The zero-order valence-electron chi connectivity index (χ0n) is 10.7. The van der Waals surface area contributed by atoms with Crippen molar-refractivity contribution in [3.8, 4) is 5.75 Å². The first-order valence-corrected chi connectivity index (χ1v) is 6.15. The maximum absolute atomic E-state index is 11.8. The predicted octanol–water partition coefficient (Wildman–Crippen LogP) is 3.02. The van der Waals surface area contributed by atoms with Gasteiger partial charge in [0.15, 0.2) is 0 Å². The minimum Gasteiger partial charge on any atom is -0.492 e. The Balaban J connectivity index is 0.00000180. The van der Waals surface area contributed by atoms with E-state index >= 15 is 0 Å². The summed E-state index contributed by atoms with van der Waals surface area (Å²) in [5.74, 6) is 0.566. The molecule has 0 aliphatic heterocycles. The molecular formula is C13H16Cl2N2O2. The molecule has 0 saturated carbocycles. The van der Waals surface area contributed by atoms with E-state index in [1.165, 1.54) is 0 Å². The van der Waals surface area contributed by atoms with E-state index in [0.29, 0.717) is 28.5 Å². The number of rotatable bonds is 3. The van der Waals surface area contributed by atoms with Crippen LogP contribution in [0.5, 0.6) is 5.75 Å². The molecule has 19 heavy (non-hydrogen) atoms. The van der Waals surface area contributed by atoms with Crippen molar-refractivity contribution in [2.45, 2.75) is 19.9 Å². The highest BCUT2D eigenvalue weighted by atomic mass is 35.5. The smallest absolute Gasteiger partial charge is 0.253 e. The molecule has 1 aromatic carbocycles. The Morgan fingerprint density at radius 3 is 2.68 bits per heavy atom. The molecule has 0 saturated heterocycles. The summed E-state index contributed by atoms with van der Waals surface area (Å²) >= 11 is 6.11. The lowest BCUT2D eigenvalue weighted by Gasteiger charge is -2.10. The molecule has 6 heteroatoms. The Labute approximate surface area is 122 Å². The number of pyridine rings is 1. The van der Waals surface area contributed by atoms with Gasteiger partial charge in [0.1, 0.15) is 5.75 Å². The van der Waals surface area contributed by atoms with Gasteiger partial charge < -0.3 is 15.5 Å². The number of H-pyrrole nitrogens is 1. The molecule has 0 amide bonds. The highest BCUT2D eigenvalue weighted by molar-refractivity contribution is 6.32. The lowest BCUT2D eigenvalue weighted by molar-refractivity contribution is 0.341. The fraction of sp³-hybridized carbons (Fsp3) is 0.308. The lowest BCUT2D eigenvalue weighted by Crippen LogP contribution is -2.19. The fourth-order valence-electron chi connectivity index (χ4n) is 1.83. The Morgan fingerprint density at radius 2 is 2.11 bits per heavy atom. The maximum atomic E-state index is 11.8. The molecule has 1 heterocycles. The molecule has 0 unspecified atom stereocenters. The summed E-state index contributed by atoms with van der Waals surface area (Å²) < 4.78 is 5.38. The van der Waals surface area contributed by atoms with Crippen molar-refractivity contribution in [1.29, 1.82) is 0 Å². The van der Waals surface area contributed by atoms with E-state index in [1.807, 2.05) is 6.92 Å². The molecule has 0 spiro atoms. The van der Waals surface area contributed by atoms with E-state index in [0.717, 1.165) is 5.39 Å². The van der Waals surface area contributed by atoms with E-state index in [2.05, 4.69) is 4.98 Å². The number of hydrogen-bond donors (Lipinski definition) is 2. The van der Waals surface area contributed by atoms with Crippen LogP contribution in [0.1, 0.15) is 25.5 Å². The van der Waals surface area contributed by atoms with Gasteiger partial charge in [-0.3, -0.25) is 4.79 Å². The van der Waals surface area contributed by atoms with Crippen molar-refractivity contribution in [2.75, 3.05) is 6.61 Å². The molecule has 0 fully saturated rings. The van der Waals surface area contributed by atoms with Gasteiger partial charge in [-0.05, 0) is 26.0 Å². The maximum Gasteiger partial charge on any atom is 0.253 e. The molecule has 1 atom stereocenters. The Kier molecular flexibility index (Phi) is 5.23. The number of aromatic amines is 1. The summed E-state index contributed by atoms with van der Waals surface area (Å²) in [7, 11) is 0. The van der Waals surface area contributed by atoms with Crippen LogP contribution < -0.4 is 16.0 Å². The number of nitrogens with two attached hydrogens (primary N) is 1. The number of nitrogens with one attached hydrogen (secondary N) is 1. The molecule has 2 aromatic rings. The highest BCUT2D eigenvalue weighted by Gasteiger charge is 2.10. The van der Waals surface area contributed by atoms with Crippen molar-refractivity contribution in [1.82, 2.24) is 4.98 Å². The first-order chi connectivity index (χ1) is 8.52. The SMILES string of the molecule is CCOc1cc2[nH]c(=O)c([C@H](C)N)cc2cc1Cl.Cl. The van der Waals surface area contributed by atoms with Crippen molar-refractivity contribution >= 4 is 34.9 Å². The molecular weight excluding hydrogens is 287 g/mol. The fourth-order valence-corrected chi connectivity index (χ4v) is 2.06. The summed E-state index contributed by atoms with van der Waals surface area (Å²) in [5, 5.41) is 1.36. The molecule has 3 N–H and O–H groups in total. The van der Waals surface area contributed by atoms with Crippen LogP contribution in [0.15, 0.2) is 23.0 Å². The highest BCUT2D eigenvalue weighted by Crippen LogP contribution is 2.29. The van der Waals surface area contributed by atoms with Gasteiger partial charge in [-0.1, -0.05) is 11.6 Å². The Hall–Kier alpha value is -1.23. The van der Waals surface area contributed by atoms with Crippen LogP contribution in [0.2, 0.25) is 5.02 Å². The van der Waals surface area contributed by atoms with E-state index in [9.17, 15) is 4.79 Å². The molecule has 0 aliphatic carbocycles. The largest absolute Gasteiger partial charge is 0.492 e. The molecule has 0 bridgehead atoms. The third-order valence-electron chi connectivity index (χ3n) is 2.72. The number of hydrogen-bond acceptors (Lipinski definition) is 3. The predicted molar refractivity (Wildman–Crippen MR) is 80.6 cm³/mol. The van der Waals surface area contributed by atoms with Gasteiger partial charge in [0.05, 0.1) is 17.1 Å². The number of benzene rings is 1. The van der Waals surface area contributed by atoms with Crippen LogP contribution in [0, 0.1) is 0 Å². The van der Waals surface area contributed by atoms with Gasteiger partial charge in [0.25, 0.3) is 5.56 Å². The van der Waals surface area contributed by atoms with Gasteiger partial charge in [0, 0.05) is 23.1 Å². The van der Waals surface area contributed by atoms with Crippen LogP contribution in [0.4, 0.5) is 0 Å². The van der Waals surface area contributed by atoms with Crippen molar-refractivity contribution in [3.05, 3.63) is 39.1 Å². The molecule has 0 aliphatic rings. The van der Waals surface area contributed by atoms with Gasteiger partial charge >= 0.3 is 0 Å². The van der Waals surface area contributed by atoms with Gasteiger partial charge in [0.2, 0.25) is 0 Å². The van der Waals surface area contributed by atoms with Gasteiger partial charge in [-0.15, -0.1) is 12.4 Å². The van der Waals surface area contributed by atoms with Gasteiger partial charge in [-0.2, -0.15) is 0 Å². The summed E-state index contributed by atoms with van der Waals surface area (Å²) in [4.78, 5) is 14.6.